The molecule has 1 aromatic heterocycles. The number of benzene rings is 1. The third-order valence-corrected chi connectivity index (χ3v) is 2.80. The van der Waals surface area contributed by atoms with E-state index in [-0.39, 0.29) is 5.56 Å². The van der Waals surface area contributed by atoms with Gasteiger partial charge in [-0.15, -0.1) is 0 Å². The van der Waals surface area contributed by atoms with Crippen LogP contribution in [0.25, 0.3) is 0 Å². The zero-order valence-corrected chi connectivity index (χ0v) is 10.5. The Balaban J connectivity index is 1.72. The van der Waals surface area contributed by atoms with E-state index < -0.39 is 5.82 Å². The number of rotatable bonds is 6. The van der Waals surface area contributed by atoms with Gasteiger partial charge in [-0.1, -0.05) is 6.07 Å². The first kappa shape index (κ1) is 13.2. The van der Waals surface area contributed by atoms with Gasteiger partial charge < -0.3 is 10.3 Å². The van der Waals surface area contributed by atoms with Crippen molar-refractivity contribution in [3.8, 4) is 6.07 Å². The van der Waals surface area contributed by atoms with Crippen LogP contribution in [0, 0.1) is 17.1 Å². The van der Waals surface area contributed by atoms with Gasteiger partial charge in [-0.2, -0.15) is 5.26 Å². The van der Waals surface area contributed by atoms with Crippen LogP contribution in [0.5, 0.6) is 0 Å². The van der Waals surface area contributed by atoms with E-state index in [4.69, 9.17) is 5.26 Å². The second-order valence-corrected chi connectivity index (χ2v) is 4.24. The summed E-state index contributed by atoms with van der Waals surface area (Å²) in [6.07, 6.45) is 5.42. The Morgan fingerprint density at radius 3 is 3.05 bits per heavy atom. The molecule has 0 fully saturated rings. The van der Waals surface area contributed by atoms with Crippen LogP contribution in [0.15, 0.2) is 30.6 Å². The van der Waals surface area contributed by atoms with Gasteiger partial charge in [0.1, 0.15) is 17.7 Å². The standard InChI is InChI=1S/C14H15FN4/c15-13-4-3-11(8-12(13)9-16)10-17-5-1-2-14-18-6-7-19-14/h3-4,6-8,17H,1-2,5,10H2,(H,18,19). The highest BCUT2D eigenvalue weighted by molar-refractivity contribution is 5.34. The maximum absolute atomic E-state index is 13.1. The molecule has 0 aliphatic carbocycles. The van der Waals surface area contributed by atoms with Crippen molar-refractivity contribution in [1.82, 2.24) is 15.3 Å². The molecular weight excluding hydrogens is 243 g/mol. The minimum atomic E-state index is -0.468. The maximum Gasteiger partial charge on any atom is 0.140 e. The summed E-state index contributed by atoms with van der Waals surface area (Å²) in [6, 6.07) is 6.44. The number of hydrogen-bond donors (Lipinski definition) is 2. The second kappa shape index (κ2) is 6.66. The number of halogens is 1. The van der Waals surface area contributed by atoms with Gasteiger partial charge in [0.25, 0.3) is 0 Å². The summed E-state index contributed by atoms with van der Waals surface area (Å²) in [7, 11) is 0. The highest BCUT2D eigenvalue weighted by atomic mass is 19.1. The largest absolute Gasteiger partial charge is 0.349 e. The Kier molecular flexibility index (Phi) is 4.65. The summed E-state index contributed by atoms with van der Waals surface area (Å²) in [5.74, 6) is 0.513. The van der Waals surface area contributed by atoms with Crippen molar-refractivity contribution in [3.05, 3.63) is 53.4 Å². The Morgan fingerprint density at radius 2 is 2.32 bits per heavy atom. The lowest BCUT2D eigenvalue weighted by Crippen LogP contribution is -2.15. The van der Waals surface area contributed by atoms with E-state index >= 15 is 0 Å². The smallest absolute Gasteiger partial charge is 0.140 e. The molecule has 0 spiro atoms. The van der Waals surface area contributed by atoms with Crippen molar-refractivity contribution in [3.63, 3.8) is 0 Å². The average molecular weight is 258 g/mol. The van der Waals surface area contributed by atoms with Gasteiger partial charge in [0.05, 0.1) is 5.56 Å². The van der Waals surface area contributed by atoms with Gasteiger partial charge in [-0.25, -0.2) is 9.37 Å². The third-order valence-electron chi connectivity index (χ3n) is 2.80. The predicted molar refractivity (Wildman–Crippen MR) is 69.7 cm³/mol. The molecule has 0 saturated heterocycles. The minimum Gasteiger partial charge on any atom is -0.349 e. The van der Waals surface area contributed by atoms with Crippen LogP contribution < -0.4 is 5.32 Å². The molecule has 5 heteroatoms. The number of nitrogens with one attached hydrogen (secondary N) is 2. The lowest BCUT2D eigenvalue weighted by molar-refractivity contribution is 0.617. The number of hydrogen-bond acceptors (Lipinski definition) is 3. The fourth-order valence-electron chi connectivity index (χ4n) is 1.82. The van der Waals surface area contributed by atoms with E-state index in [0.717, 1.165) is 30.8 Å². The van der Waals surface area contributed by atoms with Gasteiger partial charge in [0, 0.05) is 25.4 Å². The molecule has 0 bridgehead atoms. The molecule has 0 unspecified atom stereocenters. The highest BCUT2D eigenvalue weighted by Gasteiger charge is 2.02. The molecule has 1 aromatic carbocycles. The average Bonchev–Trinajstić information content (AvgIpc) is 2.93. The topological polar surface area (TPSA) is 64.5 Å². The van der Waals surface area contributed by atoms with Crippen LogP contribution in [0.1, 0.15) is 23.4 Å². The number of aryl methyl sites for hydroxylation is 1. The van der Waals surface area contributed by atoms with Crippen molar-refractivity contribution in [2.45, 2.75) is 19.4 Å². The van der Waals surface area contributed by atoms with E-state index in [1.165, 1.54) is 6.07 Å². The molecule has 2 rings (SSSR count). The molecule has 2 aromatic rings. The number of imidazole rings is 1. The van der Waals surface area contributed by atoms with E-state index in [2.05, 4.69) is 15.3 Å². The van der Waals surface area contributed by atoms with Crippen molar-refractivity contribution < 1.29 is 4.39 Å². The SMILES string of the molecule is N#Cc1cc(CNCCCc2ncc[nH]2)ccc1F. The Bertz CT molecular complexity index is 557. The fraction of sp³-hybridized carbons (Fsp3) is 0.286. The number of nitrogens with zero attached hydrogens (tertiary/aromatic N) is 2. The summed E-state index contributed by atoms with van der Waals surface area (Å²) < 4.78 is 13.1. The third kappa shape index (κ3) is 3.90. The summed E-state index contributed by atoms with van der Waals surface area (Å²) in [4.78, 5) is 7.19. The van der Waals surface area contributed by atoms with Crippen LogP contribution in [0.3, 0.4) is 0 Å². The van der Waals surface area contributed by atoms with Crippen LogP contribution in [0.4, 0.5) is 4.39 Å². The quantitative estimate of drug-likeness (QED) is 0.780. The van der Waals surface area contributed by atoms with Crippen LogP contribution in [0.2, 0.25) is 0 Å². The maximum atomic E-state index is 13.1. The number of aromatic nitrogens is 2. The lowest BCUT2D eigenvalue weighted by atomic mass is 10.1. The van der Waals surface area contributed by atoms with E-state index in [1.807, 2.05) is 12.3 Å². The van der Waals surface area contributed by atoms with Gasteiger partial charge >= 0.3 is 0 Å². The van der Waals surface area contributed by atoms with Crippen LogP contribution in [-0.4, -0.2) is 16.5 Å². The highest BCUT2D eigenvalue weighted by Crippen LogP contribution is 2.09. The molecule has 0 aliphatic rings. The van der Waals surface area contributed by atoms with Crippen molar-refractivity contribution in [2.75, 3.05) is 6.54 Å². The molecule has 98 valence electrons. The van der Waals surface area contributed by atoms with E-state index in [1.54, 1.807) is 18.3 Å². The zero-order chi connectivity index (χ0) is 13.5. The summed E-state index contributed by atoms with van der Waals surface area (Å²) in [5, 5.41) is 12.0. The molecule has 2 N–H and O–H groups in total. The van der Waals surface area contributed by atoms with Crippen LogP contribution in [-0.2, 0) is 13.0 Å². The minimum absolute atomic E-state index is 0.0925. The number of H-pyrrole nitrogens is 1. The Hall–Kier alpha value is -2.19. The lowest BCUT2D eigenvalue weighted by Gasteiger charge is -2.05. The molecule has 0 saturated carbocycles. The predicted octanol–water partition coefficient (Wildman–Crippen LogP) is 2.14. The first-order valence-electron chi connectivity index (χ1n) is 6.17. The Morgan fingerprint density at radius 1 is 1.42 bits per heavy atom. The molecule has 0 aliphatic heterocycles. The monoisotopic (exact) mass is 258 g/mol. The molecule has 1 heterocycles. The summed E-state index contributed by atoms with van der Waals surface area (Å²) in [6.45, 7) is 1.48. The molecule has 0 atom stereocenters. The Labute approximate surface area is 111 Å². The molecule has 19 heavy (non-hydrogen) atoms. The zero-order valence-electron chi connectivity index (χ0n) is 10.5. The number of aromatic amines is 1. The summed E-state index contributed by atoms with van der Waals surface area (Å²) >= 11 is 0. The number of nitriles is 1. The molecule has 0 amide bonds. The fourth-order valence-corrected chi connectivity index (χ4v) is 1.82. The van der Waals surface area contributed by atoms with Gasteiger partial charge in [0.15, 0.2) is 0 Å². The first-order chi connectivity index (χ1) is 9.29. The van der Waals surface area contributed by atoms with Crippen LogP contribution >= 0.6 is 0 Å². The normalized spacial score (nSPS) is 10.3. The summed E-state index contributed by atoms with van der Waals surface area (Å²) in [5.41, 5.74) is 1.01. The van der Waals surface area contributed by atoms with Crippen molar-refractivity contribution in [1.29, 1.82) is 5.26 Å². The first-order valence-corrected chi connectivity index (χ1v) is 6.17. The van der Waals surface area contributed by atoms with E-state index in [9.17, 15) is 4.39 Å². The van der Waals surface area contributed by atoms with Crippen molar-refractivity contribution in [2.24, 2.45) is 0 Å². The molecule has 4 nitrogen and oxygen atoms in total. The molecule has 0 radical (unpaired) electrons. The van der Waals surface area contributed by atoms with Gasteiger partial charge in [-0.05, 0) is 30.7 Å². The van der Waals surface area contributed by atoms with Gasteiger partial charge in [0.2, 0.25) is 0 Å². The van der Waals surface area contributed by atoms with Gasteiger partial charge in [-0.3, -0.25) is 0 Å². The molecular formula is C14H15FN4. The van der Waals surface area contributed by atoms with E-state index in [0.29, 0.717) is 6.54 Å². The second-order valence-electron chi connectivity index (χ2n) is 4.24. The van der Waals surface area contributed by atoms with Crippen molar-refractivity contribution >= 4 is 0 Å².